The molecule has 1 aliphatic rings. The Kier molecular flexibility index (Phi) is 3.46. The lowest BCUT2D eigenvalue weighted by atomic mass is 10.1. The highest BCUT2D eigenvalue weighted by atomic mass is 19.1. The highest BCUT2D eigenvalue weighted by molar-refractivity contribution is 5.84. The van der Waals surface area contributed by atoms with Gasteiger partial charge < -0.3 is 4.90 Å². The third-order valence-corrected chi connectivity index (χ3v) is 3.20. The summed E-state index contributed by atoms with van der Waals surface area (Å²) in [6, 6.07) is 4.76. The van der Waals surface area contributed by atoms with E-state index in [9.17, 15) is 9.18 Å². The monoisotopic (exact) mass is 235 g/mol. The van der Waals surface area contributed by atoms with Gasteiger partial charge in [0, 0.05) is 23.8 Å². The number of nitrogens with zero attached hydrogens (tertiary/aromatic N) is 1. The molecule has 0 radical (unpaired) electrons. The summed E-state index contributed by atoms with van der Waals surface area (Å²) >= 11 is 0. The molecular weight excluding hydrogens is 217 g/mol. The molecule has 0 saturated heterocycles. The number of carbonyl (C=O) groups is 1. The van der Waals surface area contributed by atoms with Gasteiger partial charge in [-0.15, -0.1) is 0 Å². The van der Waals surface area contributed by atoms with E-state index in [1.807, 2.05) is 0 Å². The van der Waals surface area contributed by atoms with Gasteiger partial charge in [0.15, 0.2) is 6.29 Å². The van der Waals surface area contributed by atoms with Crippen LogP contribution in [0.5, 0.6) is 0 Å². The smallest absolute Gasteiger partial charge is 0.152 e. The van der Waals surface area contributed by atoms with Gasteiger partial charge in [-0.3, -0.25) is 4.79 Å². The third-order valence-electron chi connectivity index (χ3n) is 3.20. The summed E-state index contributed by atoms with van der Waals surface area (Å²) in [6.45, 7) is 5.16. The summed E-state index contributed by atoms with van der Waals surface area (Å²) in [7, 11) is 0. The second-order valence-corrected chi connectivity index (χ2v) is 5.01. The van der Waals surface area contributed by atoms with Gasteiger partial charge in [0.2, 0.25) is 0 Å². The second-order valence-electron chi connectivity index (χ2n) is 5.01. The molecule has 3 heteroatoms. The molecular formula is C14H18FNO. The quantitative estimate of drug-likeness (QED) is 0.730. The van der Waals surface area contributed by atoms with E-state index >= 15 is 0 Å². The molecule has 2 nitrogen and oxygen atoms in total. The first-order valence-corrected chi connectivity index (χ1v) is 6.13. The lowest BCUT2D eigenvalue weighted by Crippen LogP contribution is -2.33. The molecule has 1 aliphatic carbocycles. The fourth-order valence-electron chi connectivity index (χ4n) is 2.05. The summed E-state index contributed by atoms with van der Waals surface area (Å²) in [6.07, 6.45) is 3.27. The topological polar surface area (TPSA) is 20.3 Å². The fourth-order valence-corrected chi connectivity index (χ4v) is 2.05. The maximum Gasteiger partial charge on any atom is 0.152 e. The highest BCUT2D eigenvalue weighted by Gasteiger charge is 2.26. The van der Waals surface area contributed by atoms with E-state index in [2.05, 4.69) is 18.7 Å². The molecule has 0 aromatic heterocycles. The zero-order chi connectivity index (χ0) is 12.4. The Morgan fingerprint density at radius 2 is 2.18 bits per heavy atom. The standard InChI is InChI=1S/C14H18FNO/c1-10(2)16(8-11-3-4-11)14-6-5-13(15)7-12(14)9-17/h5-7,9-11H,3-4,8H2,1-2H3. The summed E-state index contributed by atoms with van der Waals surface area (Å²) in [5.41, 5.74) is 1.29. The van der Waals surface area contributed by atoms with Crippen LogP contribution in [0.1, 0.15) is 37.0 Å². The molecule has 17 heavy (non-hydrogen) atoms. The van der Waals surface area contributed by atoms with Crippen molar-refractivity contribution in [2.75, 3.05) is 11.4 Å². The molecule has 1 fully saturated rings. The van der Waals surface area contributed by atoms with Crippen LogP contribution >= 0.6 is 0 Å². The molecule has 1 saturated carbocycles. The van der Waals surface area contributed by atoms with Gasteiger partial charge in [0.25, 0.3) is 0 Å². The average molecular weight is 235 g/mol. The lowest BCUT2D eigenvalue weighted by Gasteiger charge is -2.30. The summed E-state index contributed by atoms with van der Waals surface area (Å²) in [5, 5.41) is 0. The van der Waals surface area contributed by atoms with Crippen molar-refractivity contribution in [1.82, 2.24) is 0 Å². The maximum atomic E-state index is 13.1. The van der Waals surface area contributed by atoms with Crippen LogP contribution in [-0.2, 0) is 0 Å². The van der Waals surface area contributed by atoms with E-state index in [-0.39, 0.29) is 5.82 Å². The number of carbonyl (C=O) groups excluding carboxylic acids is 1. The molecule has 0 aliphatic heterocycles. The van der Waals surface area contributed by atoms with Gasteiger partial charge in [-0.05, 0) is 50.8 Å². The van der Waals surface area contributed by atoms with Gasteiger partial charge in [-0.2, -0.15) is 0 Å². The highest BCUT2D eigenvalue weighted by Crippen LogP contribution is 2.33. The molecule has 0 atom stereocenters. The van der Waals surface area contributed by atoms with Crippen molar-refractivity contribution in [3.63, 3.8) is 0 Å². The van der Waals surface area contributed by atoms with Crippen molar-refractivity contribution in [1.29, 1.82) is 0 Å². The number of aldehydes is 1. The zero-order valence-electron chi connectivity index (χ0n) is 10.3. The summed E-state index contributed by atoms with van der Waals surface area (Å²) < 4.78 is 13.1. The molecule has 0 N–H and O–H groups in total. The van der Waals surface area contributed by atoms with Gasteiger partial charge in [-0.1, -0.05) is 0 Å². The fraction of sp³-hybridized carbons (Fsp3) is 0.500. The molecule has 2 rings (SSSR count). The normalized spacial score (nSPS) is 15.1. The lowest BCUT2D eigenvalue weighted by molar-refractivity contribution is 0.112. The van der Waals surface area contributed by atoms with Gasteiger partial charge in [0.05, 0.1) is 0 Å². The largest absolute Gasteiger partial charge is 0.368 e. The van der Waals surface area contributed by atoms with E-state index in [1.54, 1.807) is 6.07 Å². The first-order chi connectivity index (χ1) is 8.11. The van der Waals surface area contributed by atoms with Crippen LogP contribution in [0.2, 0.25) is 0 Å². The van der Waals surface area contributed by atoms with Crippen molar-refractivity contribution in [2.45, 2.75) is 32.7 Å². The van der Waals surface area contributed by atoms with Crippen LogP contribution in [0.15, 0.2) is 18.2 Å². The Morgan fingerprint density at radius 1 is 1.47 bits per heavy atom. The molecule has 1 aromatic rings. The molecule has 0 heterocycles. The van der Waals surface area contributed by atoms with Crippen LogP contribution in [0.3, 0.4) is 0 Å². The first-order valence-electron chi connectivity index (χ1n) is 6.13. The van der Waals surface area contributed by atoms with Crippen molar-refractivity contribution in [3.8, 4) is 0 Å². The maximum absolute atomic E-state index is 13.1. The predicted octanol–water partition coefficient (Wildman–Crippen LogP) is 3.26. The number of halogens is 1. The van der Waals surface area contributed by atoms with Crippen molar-refractivity contribution in [3.05, 3.63) is 29.6 Å². The van der Waals surface area contributed by atoms with Crippen LogP contribution in [0.4, 0.5) is 10.1 Å². The second kappa shape index (κ2) is 4.86. The molecule has 0 spiro atoms. The van der Waals surface area contributed by atoms with Crippen LogP contribution in [-0.4, -0.2) is 18.9 Å². The first kappa shape index (κ1) is 12.1. The Labute approximate surface area is 101 Å². The van der Waals surface area contributed by atoms with E-state index in [4.69, 9.17) is 0 Å². The number of anilines is 1. The Balaban J connectivity index is 2.30. The molecule has 0 bridgehead atoms. The SMILES string of the molecule is CC(C)N(CC1CC1)c1ccc(F)cc1C=O. The minimum absolute atomic E-state index is 0.319. The predicted molar refractivity (Wildman–Crippen MR) is 67.0 cm³/mol. The van der Waals surface area contributed by atoms with Crippen LogP contribution in [0, 0.1) is 11.7 Å². The number of rotatable bonds is 5. The van der Waals surface area contributed by atoms with E-state index in [1.165, 1.54) is 25.0 Å². The van der Waals surface area contributed by atoms with Crippen molar-refractivity contribution in [2.24, 2.45) is 5.92 Å². The van der Waals surface area contributed by atoms with E-state index in [0.29, 0.717) is 11.6 Å². The van der Waals surface area contributed by atoms with E-state index in [0.717, 1.165) is 24.4 Å². The van der Waals surface area contributed by atoms with Gasteiger partial charge in [-0.25, -0.2) is 4.39 Å². The molecule has 92 valence electrons. The number of hydrogen-bond donors (Lipinski definition) is 0. The number of benzene rings is 1. The van der Waals surface area contributed by atoms with Gasteiger partial charge >= 0.3 is 0 Å². The Morgan fingerprint density at radius 3 is 2.71 bits per heavy atom. The average Bonchev–Trinajstić information content (AvgIpc) is 3.09. The number of hydrogen-bond acceptors (Lipinski definition) is 2. The molecule has 1 aromatic carbocycles. The summed E-state index contributed by atoms with van der Waals surface area (Å²) in [5.74, 6) is 0.382. The minimum Gasteiger partial charge on any atom is -0.368 e. The van der Waals surface area contributed by atoms with Crippen molar-refractivity contribution >= 4 is 12.0 Å². The third kappa shape index (κ3) is 2.84. The molecule has 0 unspecified atom stereocenters. The van der Waals surface area contributed by atoms with E-state index < -0.39 is 0 Å². The van der Waals surface area contributed by atoms with Crippen LogP contribution < -0.4 is 4.90 Å². The zero-order valence-corrected chi connectivity index (χ0v) is 10.3. The Hall–Kier alpha value is -1.38. The van der Waals surface area contributed by atoms with Crippen molar-refractivity contribution < 1.29 is 9.18 Å². The molecule has 0 amide bonds. The summed E-state index contributed by atoms with van der Waals surface area (Å²) in [4.78, 5) is 13.2. The minimum atomic E-state index is -0.356. The van der Waals surface area contributed by atoms with Gasteiger partial charge in [0.1, 0.15) is 5.82 Å². The Bertz CT molecular complexity index is 413. The van der Waals surface area contributed by atoms with Crippen LogP contribution in [0.25, 0.3) is 0 Å².